The predicted molar refractivity (Wildman–Crippen MR) is 99.0 cm³/mol. The van der Waals surface area contributed by atoms with Gasteiger partial charge in [0.05, 0.1) is 12.2 Å². The highest BCUT2D eigenvalue weighted by Crippen LogP contribution is 2.12. The summed E-state index contributed by atoms with van der Waals surface area (Å²) in [6.07, 6.45) is 17.4. The maximum absolute atomic E-state index is 10.3. The van der Waals surface area contributed by atoms with Gasteiger partial charge in [-0.2, -0.15) is 0 Å². The average molecular weight is 341 g/mol. The van der Waals surface area contributed by atoms with Gasteiger partial charge in [0.15, 0.2) is 0 Å². The van der Waals surface area contributed by atoms with Crippen molar-refractivity contribution in [3.63, 3.8) is 0 Å². The Morgan fingerprint density at radius 1 is 0.833 bits per heavy atom. The molecule has 140 valence electrons. The molecule has 3 N–H and O–H groups in total. The SMILES string of the molecule is CCCCCC(O)CCC(O)CC/C=C\C/C=C\CCCC(=O)O. The Hall–Kier alpha value is -1.13. The Morgan fingerprint density at radius 3 is 2.08 bits per heavy atom. The Morgan fingerprint density at radius 2 is 1.46 bits per heavy atom. The molecule has 0 spiro atoms. The van der Waals surface area contributed by atoms with Crippen molar-refractivity contribution < 1.29 is 20.1 Å². The van der Waals surface area contributed by atoms with Crippen LogP contribution in [0.15, 0.2) is 24.3 Å². The molecule has 0 aromatic carbocycles. The van der Waals surface area contributed by atoms with Crippen LogP contribution in [0.1, 0.15) is 84.0 Å². The van der Waals surface area contributed by atoms with Crippen LogP contribution in [0.3, 0.4) is 0 Å². The second kappa shape index (κ2) is 16.7. The highest BCUT2D eigenvalue weighted by Gasteiger charge is 2.08. The van der Waals surface area contributed by atoms with Crippen molar-refractivity contribution in [3.8, 4) is 0 Å². The third kappa shape index (κ3) is 17.2. The zero-order valence-corrected chi connectivity index (χ0v) is 15.2. The zero-order chi connectivity index (χ0) is 18.0. The van der Waals surface area contributed by atoms with Crippen molar-refractivity contribution in [2.24, 2.45) is 0 Å². The number of hydrogen-bond acceptors (Lipinski definition) is 3. The summed E-state index contributed by atoms with van der Waals surface area (Å²) in [7, 11) is 0. The third-order valence-corrected chi connectivity index (χ3v) is 4.01. The van der Waals surface area contributed by atoms with Crippen LogP contribution in [-0.2, 0) is 4.79 Å². The van der Waals surface area contributed by atoms with E-state index in [1.54, 1.807) is 0 Å². The van der Waals surface area contributed by atoms with Crippen LogP contribution in [0.25, 0.3) is 0 Å². The molecule has 0 aliphatic carbocycles. The van der Waals surface area contributed by atoms with Gasteiger partial charge in [0.1, 0.15) is 0 Å². The number of carbonyl (C=O) groups is 1. The van der Waals surface area contributed by atoms with Gasteiger partial charge in [0.2, 0.25) is 0 Å². The first-order chi connectivity index (χ1) is 11.6. The molecule has 0 aromatic heterocycles. The summed E-state index contributed by atoms with van der Waals surface area (Å²) in [5, 5.41) is 28.2. The Kier molecular flexibility index (Phi) is 15.9. The third-order valence-electron chi connectivity index (χ3n) is 4.01. The van der Waals surface area contributed by atoms with Crippen LogP contribution in [0.2, 0.25) is 0 Å². The van der Waals surface area contributed by atoms with Gasteiger partial charge in [-0.3, -0.25) is 4.79 Å². The highest BCUT2D eigenvalue weighted by molar-refractivity contribution is 5.66. The lowest BCUT2D eigenvalue weighted by molar-refractivity contribution is -0.137. The monoisotopic (exact) mass is 340 g/mol. The van der Waals surface area contributed by atoms with E-state index in [9.17, 15) is 15.0 Å². The number of unbranched alkanes of at least 4 members (excludes halogenated alkanes) is 3. The van der Waals surface area contributed by atoms with Gasteiger partial charge in [0, 0.05) is 6.42 Å². The van der Waals surface area contributed by atoms with Crippen molar-refractivity contribution in [1.82, 2.24) is 0 Å². The maximum Gasteiger partial charge on any atom is 0.303 e. The van der Waals surface area contributed by atoms with Crippen molar-refractivity contribution in [2.45, 2.75) is 96.2 Å². The fourth-order valence-corrected chi connectivity index (χ4v) is 2.47. The lowest BCUT2D eigenvalue weighted by atomic mass is 10.0. The lowest BCUT2D eigenvalue weighted by Crippen LogP contribution is -2.13. The minimum atomic E-state index is -0.740. The van der Waals surface area contributed by atoms with E-state index in [4.69, 9.17) is 5.11 Å². The van der Waals surface area contributed by atoms with E-state index in [0.29, 0.717) is 19.3 Å². The minimum absolute atomic E-state index is 0.228. The minimum Gasteiger partial charge on any atom is -0.481 e. The summed E-state index contributed by atoms with van der Waals surface area (Å²) in [6, 6.07) is 0. The summed E-state index contributed by atoms with van der Waals surface area (Å²) < 4.78 is 0. The second-order valence-corrected chi connectivity index (χ2v) is 6.42. The molecule has 0 rings (SSSR count). The first-order valence-corrected chi connectivity index (χ1v) is 9.44. The normalized spacial score (nSPS) is 14.5. The molecule has 0 heterocycles. The van der Waals surface area contributed by atoms with E-state index >= 15 is 0 Å². The van der Waals surface area contributed by atoms with E-state index in [1.807, 2.05) is 12.2 Å². The van der Waals surface area contributed by atoms with Crippen molar-refractivity contribution in [2.75, 3.05) is 0 Å². The molecule has 4 nitrogen and oxygen atoms in total. The fourth-order valence-electron chi connectivity index (χ4n) is 2.47. The van der Waals surface area contributed by atoms with Crippen molar-refractivity contribution >= 4 is 5.97 Å². The molecule has 0 saturated heterocycles. The van der Waals surface area contributed by atoms with E-state index in [2.05, 4.69) is 19.1 Å². The van der Waals surface area contributed by atoms with Crippen LogP contribution in [0, 0.1) is 0 Å². The molecule has 24 heavy (non-hydrogen) atoms. The van der Waals surface area contributed by atoms with Crippen LogP contribution < -0.4 is 0 Å². The molecule has 2 atom stereocenters. The van der Waals surface area contributed by atoms with E-state index in [0.717, 1.165) is 38.5 Å². The quantitative estimate of drug-likeness (QED) is 0.283. The van der Waals surface area contributed by atoms with Crippen LogP contribution in [-0.4, -0.2) is 33.5 Å². The topological polar surface area (TPSA) is 77.8 Å². The highest BCUT2D eigenvalue weighted by atomic mass is 16.4. The smallest absolute Gasteiger partial charge is 0.303 e. The van der Waals surface area contributed by atoms with Gasteiger partial charge in [-0.1, -0.05) is 50.5 Å². The van der Waals surface area contributed by atoms with Gasteiger partial charge >= 0.3 is 5.97 Å². The van der Waals surface area contributed by atoms with Crippen molar-refractivity contribution in [1.29, 1.82) is 0 Å². The van der Waals surface area contributed by atoms with E-state index < -0.39 is 5.97 Å². The number of allylic oxidation sites excluding steroid dienone is 4. The molecule has 0 radical (unpaired) electrons. The Bertz CT molecular complexity index is 350. The van der Waals surface area contributed by atoms with Gasteiger partial charge in [-0.05, 0) is 51.4 Å². The number of rotatable bonds is 16. The largest absolute Gasteiger partial charge is 0.481 e. The number of aliphatic hydroxyl groups is 2. The van der Waals surface area contributed by atoms with Gasteiger partial charge in [-0.15, -0.1) is 0 Å². The molecular weight excluding hydrogens is 304 g/mol. The summed E-state index contributed by atoms with van der Waals surface area (Å²) in [5.41, 5.74) is 0. The van der Waals surface area contributed by atoms with Crippen LogP contribution in [0.5, 0.6) is 0 Å². The molecule has 2 unspecified atom stereocenters. The van der Waals surface area contributed by atoms with Crippen LogP contribution in [0.4, 0.5) is 0 Å². The Labute approximate surface area is 147 Å². The standard InChI is InChI=1S/C20H36O4/c1-2-3-10-13-18(21)16-17-19(22)14-11-8-6-4-5-7-9-12-15-20(23)24/h5-8,18-19,21-22H,2-4,9-17H2,1H3,(H,23,24)/b7-5-,8-6-. The molecule has 0 aliphatic rings. The second-order valence-electron chi connectivity index (χ2n) is 6.42. The molecule has 0 aliphatic heterocycles. The average Bonchev–Trinajstić information content (AvgIpc) is 2.54. The molecule has 0 fully saturated rings. The number of carboxylic acid groups (broad SMARTS) is 1. The number of hydrogen-bond donors (Lipinski definition) is 3. The Balaban J connectivity index is 3.51. The number of aliphatic hydroxyl groups excluding tert-OH is 2. The first-order valence-electron chi connectivity index (χ1n) is 9.44. The summed E-state index contributed by atoms with van der Waals surface area (Å²) >= 11 is 0. The number of carboxylic acids is 1. The summed E-state index contributed by atoms with van der Waals surface area (Å²) in [6.45, 7) is 2.15. The molecule has 0 amide bonds. The zero-order valence-electron chi connectivity index (χ0n) is 15.2. The molecule has 4 heteroatoms. The number of aliphatic carboxylic acids is 1. The van der Waals surface area contributed by atoms with E-state index in [-0.39, 0.29) is 18.6 Å². The first kappa shape index (κ1) is 22.9. The lowest BCUT2D eigenvalue weighted by Gasteiger charge is -2.13. The van der Waals surface area contributed by atoms with Gasteiger partial charge in [0.25, 0.3) is 0 Å². The predicted octanol–water partition coefficient (Wildman–Crippen LogP) is 4.61. The van der Waals surface area contributed by atoms with Crippen LogP contribution >= 0.6 is 0 Å². The van der Waals surface area contributed by atoms with Crippen molar-refractivity contribution in [3.05, 3.63) is 24.3 Å². The molecular formula is C20H36O4. The van der Waals surface area contributed by atoms with Gasteiger partial charge < -0.3 is 15.3 Å². The summed E-state index contributed by atoms with van der Waals surface area (Å²) in [4.78, 5) is 10.3. The molecule has 0 aromatic rings. The molecule has 0 bridgehead atoms. The van der Waals surface area contributed by atoms with E-state index in [1.165, 1.54) is 12.8 Å². The molecule has 0 saturated carbocycles. The maximum atomic E-state index is 10.3. The summed E-state index contributed by atoms with van der Waals surface area (Å²) in [5.74, 6) is -0.740. The fraction of sp³-hybridized carbons (Fsp3) is 0.750. The van der Waals surface area contributed by atoms with Gasteiger partial charge in [-0.25, -0.2) is 0 Å².